The van der Waals surface area contributed by atoms with Crippen LogP contribution in [0.3, 0.4) is 0 Å². The van der Waals surface area contributed by atoms with Gasteiger partial charge in [-0.05, 0) is 41.0 Å². The minimum absolute atomic E-state index is 0.0481. The maximum Gasteiger partial charge on any atom is 0.407 e. The van der Waals surface area contributed by atoms with E-state index in [4.69, 9.17) is 4.74 Å². The highest BCUT2D eigenvalue weighted by molar-refractivity contribution is 5.88. The van der Waals surface area contributed by atoms with Crippen LogP contribution in [0, 0.1) is 17.8 Å². The van der Waals surface area contributed by atoms with Crippen molar-refractivity contribution < 1.29 is 33.0 Å². The second-order valence-corrected chi connectivity index (χ2v) is 9.13. The topological polar surface area (TPSA) is 105 Å². The lowest BCUT2D eigenvalue weighted by molar-refractivity contribution is -0.143. The Morgan fingerprint density at radius 3 is 2.18 bits per heavy atom. The van der Waals surface area contributed by atoms with Crippen molar-refractivity contribution in [2.24, 2.45) is 17.8 Å². The molecule has 0 radical (unpaired) electrons. The van der Waals surface area contributed by atoms with Crippen LogP contribution in [0.1, 0.15) is 29.9 Å². The average molecular weight is 470 g/mol. The number of nitrogens with one attached hydrogen (secondary N) is 2. The van der Waals surface area contributed by atoms with E-state index in [0.717, 1.165) is 22.3 Å². The standard InChI is InChI=1S/C25H24F2N2O5/c26-25(27)19(20(25)22(30)29-21(23(31)32)13-9-10-13)11-28-24(33)34-12-18-16-7-3-1-5-14(16)15-6-2-4-8-17(15)18/h1-8,13,18-21H,9-12H2,(H,28,33)(H,29,30)(H,31,32). The summed E-state index contributed by atoms with van der Waals surface area (Å²) < 4.78 is 33.7. The molecule has 2 aromatic carbocycles. The van der Waals surface area contributed by atoms with Crippen molar-refractivity contribution >= 4 is 18.0 Å². The first-order chi connectivity index (χ1) is 16.3. The molecule has 3 N–H and O–H groups in total. The zero-order chi connectivity index (χ0) is 24.0. The molecule has 5 rings (SSSR count). The zero-order valence-corrected chi connectivity index (χ0v) is 18.2. The summed E-state index contributed by atoms with van der Waals surface area (Å²) in [6.45, 7) is -0.393. The highest BCUT2D eigenvalue weighted by atomic mass is 19.3. The van der Waals surface area contributed by atoms with Crippen LogP contribution in [0.15, 0.2) is 48.5 Å². The van der Waals surface area contributed by atoms with E-state index in [1.165, 1.54) is 0 Å². The summed E-state index contributed by atoms with van der Waals surface area (Å²) in [7, 11) is 0. The van der Waals surface area contributed by atoms with E-state index >= 15 is 0 Å². The van der Waals surface area contributed by atoms with E-state index in [1.807, 2.05) is 48.5 Å². The Kier molecular flexibility index (Phi) is 5.50. The molecule has 2 saturated carbocycles. The lowest BCUT2D eigenvalue weighted by Gasteiger charge is -2.14. The quantitative estimate of drug-likeness (QED) is 0.549. The predicted octanol–water partition coefficient (Wildman–Crippen LogP) is 3.39. The van der Waals surface area contributed by atoms with Crippen LogP contribution in [0.2, 0.25) is 0 Å². The summed E-state index contributed by atoms with van der Waals surface area (Å²) in [6, 6.07) is 14.5. The summed E-state index contributed by atoms with van der Waals surface area (Å²) in [5.74, 6) is -8.98. The van der Waals surface area contributed by atoms with E-state index in [-0.39, 0.29) is 18.4 Å². The number of benzene rings is 2. The van der Waals surface area contributed by atoms with E-state index in [2.05, 4.69) is 10.6 Å². The fourth-order valence-electron chi connectivity index (χ4n) is 4.90. The number of amides is 2. The van der Waals surface area contributed by atoms with Crippen molar-refractivity contribution in [2.75, 3.05) is 13.2 Å². The molecule has 0 aliphatic heterocycles. The monoisotopic (exact) mass is 470 g/mol. The number of carbonyl (C=O) groups excluding carboxylic acids is 2. The summed E-state index contributed by atoms with van der Waals surface area (Å²) in [5, 5.41) is 13.8. The Labute approximate surface area is 194 Å². The van der Waals surface area contributed by atoms with Crippen LogP contribution in [-0.2, 0) is 14.3 Å². The number of hydrogen-bond donors (Lipinski definition) is 3. The molecule has 9 heteroatoms. The summed E-state index contributed by atoms with van der Waals surface area (Å²) in [6.07, 6.45) is 0.445. The Morgan fingerprint density at radius 1 is 1.03 bits per heavy atom. The second kappa shape index (κ2) is 8.38. The number of aliphatic carboxylic acids is 1. The van der Waals surface area contributed by atoms with Crippen LogP contribution < -0.4 is 10.6 Å². The molecule has 0 spiro atoms. The molecule has 7 nitrogen and oxygen atoms in total. The van der Waals surface area contributed by atoms with Gasteiger partial charge in [-0.15, -0.1) is 0 Å². The number of hydrogen-bond acceptors (Lipinski definition) is 4. The Balaban J connectivity index is 1.15. The molecule has 2 fully saturated rings. The van der Waals surface area contributed by atoms with Crippen molar-refractivity contribution in [3.8, 4) is 11.1 Å². The van der Waals surface area contributed by atoms with Gasteiger partial charge in [0, 0.05) is 12.5 Å². The molecule has 178 valence electrons. The van der Waals surface area contributed by atoms with Crippen molar-refractivity contribution in [2.45, 2.75) is 30.7 Å². The van der Waals surface area contributed by atoms with Gasteiger partial charge < -0.3 is 20.5 Å². The van der Waals surface area contributed by atoms with Gasteiger partial charge in [0.25, 0.3) is 5.92 Å². The summed E-state index contributed by atoms with van der Waals surface area (Å²) in [5.41, 5.74) is 4.21. The SMILES string of the molecule is O=C(NCC1C(C(=O)NC(C(=O)O)C2CC2)C1(F)F)OCC1c2ccccc2-c2ccccc21. The van der Waals surface area contributed by atoms with Gasteiger partial charge in [0.1, 0.15) is 18.6 Å². The van der Waals surface area contributed by atoms with E-state index < -0.39 is 48.3 Å². The van der Waals surface area contributed by atoms with Gasteiger partial charge in [-0.25, -0.2) is 18.4 Å². The van der Waals surface area contributed by atoms with E-state index in [1.54, 1.807) is 0 Å². The zero-order valence-electron chi connectivity index (χ0n) is 18.2. The number of fused-ring (bicyclic) bond motifs is 3. The molecule has 0 aromatic heterocycles. The van der Waals surface area contributed by atoms with Crippen molar-refractivity contribution in [3.05, 3.63) is 59.7 Å². The number of rotatable bonds is 8. The fraction of sp³-hybridized carbons (Fsp3) is 0.400. The molecule has 3 atom stereocenters. The normalized spacial score (nSPS) is 22.8. The van der Waals surface area contributed by atoms with E-state index in [9.17, 15) is 28.3 Å². The summed E-state index contributed by atoms with van der Waals surface area (Å²) in [4.78, 5) is 35.8. The number of carboxylic acids is 1. The molecule has 2 amide bonds. The highest BCUT2D eigenvalue weighted by Gasteiger charge is 2.72. The van der Waals surface area contributed by atoms with E-state index in [0.29, 0.717) is 12.8 Å². The van der Waals surface area contributed by atoms with Gasteiger partial charge in [0.2, 0.25) is 5.91 Å². The van der Waals surface area contributed by atoms with Crippen molar-refractivity contribution in [1.82, 2.24) is 10.6 Å². The molecule has 0 heterocycles. The Hall–Kier alpha value is -3.49. The molecular weight excluding hydrogens is 446 g/mol. The second-order valence-electron chi connectivity index (χ2n) is 9.13. The molecule has 2 aromatic rings. The molecule has 3 aliphatic rings. The molecule has 34 heavy (non-hydrogen) atoms. The molecule has 0 bridgehead atoms. The van der Waals surface area contributed by atoms with Gasteiger partial charge in [0.05, 0.1) is 5.92 Å². The molecule has 3 unspecified atom stereocenters. The van der Waals surface area contributed by atoms with Gasteiger partial charge >= 0.3 is 12.1 Å². The molecule has 0 saturated heterocycles. The minimum atomic E-state index is -3.31. The van der Waals surface area contributed by atoms with Gasteiger partial charge in [0.15, 0.2) is 0 Å². The first-order valence-corrected chi connectivity index (χ1v) is 11.3. The molecule has 3 aliphatic carbocycles. The van der Waals surface area contributed by atoms with Crippen molar-refractivity contribution in [1.29, 1.82) is 0 Å². The third-order valence-corrected chi connectivity index (χ3v) is 6.95. The Bertz CT molecular complexity index is 1100. The largest absolute Gasteiger partial charge is 0.480 e. The van der Waals surface area contributed by atoms with Crippen LogP contribution >= 0.6 is 0 Å². The lowest BCUT2D eigenvalue weighted by Crippen LogP contribution is -2.44. The maximum atomic E-state index is 14.2. The van der Waals surface area contributed by atoms with Crippen LogP contribution in [0.4, 0.5) is 13.6 Å². The number of ether oxygens (including phenoxy) is 1. The van der Waals surface area contributed by atoms with Gasteiger partial charge in [-0.2, -0.15) is 0 Å². The number of halogens is 2. The van der Waals surface area contributed by atoms with Gasteiger partial charge in [-0.3, -0.25) is 4.79 Å². The van der Waals surface area contributed by atoms with Crippen molar-refractivity contribution in [3.63, 3.8) is 0 Å². The number of alkyl halides is 2. The fourth-order valence-corrected chi connectivity index (χ4v) is 4.90. The van der Waals surface area contributed by atoms with Crippen LogP contribution in [0.5, 0.6) is 0 Å². The number of carbonyl (C=O) groups is 3. The first-order valence-electron chi connectivity index (χ1n) is 11.3. The smallest absolute Gasteiger partial charge is 0.407 e. The molecular formula is C25H24F2N2O5. The Morgan fingerprint density at radius 2 is 1.62 bits per heavy atom. The summed E-state index contributed by atoms with van der Waals surface area (Å²) >= 11 is 0. The highest BCUT2D eigenvalue weighted by Crippen LogP contribution is 2.55. The van der Waals surface area contributed by atoms with Crippen LogP contribution in [0.25, 0.3) is 11.1 Å². The third kappa shape index (κ3) is 3.99. The van der Waals surface area contributed by atoms with Crippen LogP contribution in [-0.4, -0.2) is 48.2 Å². The maximum absolute atomic E-state index is 14.2. The number of carboxylic acid groups (broad SMARTS) is 1. The average Bonchev–Trinajstić information content (AvgIpc) is 3.71. The minimum Gasteiger partial charge on any atom is -0.480 e. The third-order valence-electron chi connectivity index (χ3n) is 6.95. The predicted molar refractivity (Wildman–Crippen MR) is 117 cm³/mol. The first kappa shape index (κ1) is 22.3. The van der Waals surface area contributed by atoms with Gasteiger partial charge in [-0.1, -0.05) is 48.5 Å². The lowest BCUT2D eigenvalue weighted by atomic mass is 9.98. The number of alkyl carbamates (subject to hydrolysis) is 1.